The van der Waals surface area contributed by atoms with Crippen LogP contribution in [0.5, 0.6) is 0 Å². The summed E-state index contributed by atoms with van der Waals surface area (Å²) >= 11 is 1.02. The van der Waals surface area contributed by atoms with Gasteiger partial charge in [0.1, 0.15) is 0 Å². The molecule has 3 N–H and O–H groups in total. The van der Waals surface area contributed by atoms with Crippen molar-refractivity contribution in [1.82, 2.24) is 4.98 Å². The van der Waals surface area contributed by atoms with E-state index in [9.17, 15) is 9.70 Å². The maximum Gasteiger partial charge on any atom is 0.257 e. The largest absolute Gasteiger partial charge is 0.399 e. The van der Waals surface area contributed by atoms with Gasteiger partial charge < -0.3 is 5.73 Å². The fourth-order valence-electron chi connectivity index (χ4n) is 1.47. The number of hydrogen-bond donors (Lipinski definition) is 2. The van der Waals surface area contributed by atoms with Crippen LogP contribution >= 0.6 is 11.3 Å². The van der Waals surface area contributed by atoms with Gasteiger partial charge in [0.25, 0.3) is 5.91 Å². The predicted octanol–water partition coefficient (Wildman–Crippen LogP) is 2.68. The molecule has 7 heteroatoms. The summed E-state index contributed by atoms with van der Waals surface area (Å²) in [5.74, 6) is -0.292. The number of aromatic nitrogens is 1. The fourth-order valence-corrected chi connectivity index (χ4v) is 2.06. The van der Waals surface area contributed by atoms with Crippen LogP contribution in [0.25, 0.3) is 0 Å². The highest BCUT2D eigenvalue weighted by Crippen LogP contribution is 2.26. The van der Waals surface area contributed by atoms with Crippen LogP contribution in [0.3, 0.4) is 0 Å². The second-order valence-electron chi connectivity index (χ2n) is 3.62. The monoisotopic (exact) mass is 262 g/mol. The Balaban J connectivity index is 2.19. The standard InChI is InChI=1S/C11H10N4O2S/c1-6-4-7(12)2-3-8(6)10(16)14-11-13-5-9(15-17)18-11/h2-5H,12H2,1H3,(H,13,14,16). The van der Waals surface area contributed by atoms with Gasteiger partial charge in [-0.15, -0.1) is 4.91 Å². The lowest BCUT2D eigenvalue weighted by Gasteiger charge is -2.05. The molecule has 6 nitrogen and oxygen atoms in total. The van der Waals surface area contributed by atoms with Crippen LogP contribution in [0, 0.1) is 11.8 Å². The van der Waals surface area contributed by atoms with Gasteiger partial charge in [-0.3, -0.25) is 10.1 Å². The van der Waals surface area contributed by atoms with Crippen LogP contribution in [0.2, 0.25) is 0 Å². The number of nitrogens with two attached hydrogens (primary N) is 1. The van der Waals surface area contributed by atoms with Crippen LogP contribution in [0.15, 0.2) is 29.6 Å². The lowest BCUT2D eigenvalue weighted by molar-refractivity contribution is 0.102. The number of hydrogen-bond acceptors (Lipinski definition) is 6. The normalized spacial score (nSPS) is 10.1. The number of nitrogens with zero attached hydrogens (tertiary/aromatic N) is 2. The third-order valence-corrected chi connectivity index (χ3v) is 3.09. The molecule has 0 atom stereocenters. The Kier molecular flexibility index (Phi) is 3.33. The van der Waals surface area contributed by atoms with E-state index in [1.807, 2.05) is 0 Å². The van der Waals surface area contributed by atoms with Gasteiger partial charge >= 0.3 is 0 Å². The number of aryl methyl sites for hydroxylation is 1. The fraction of sp³-hybridized carbons (Fsp3) is 0.0909. The average molecular weight is 262 g/mol. The summed E-state index contributed by atoms with van der Waals surface area (Å²) in [7, 11) is 0. The minimum atomic E-state index is -0.292. The van der Waals surface area contributed by atoms with Crippen LogP contribution in [0.1, 0.15) is 15.9 Å². The Morgan fingerprint density at radius 2 is 2.28 bits per heavy atom. The Bertz CT molecular complexity index is 609. The average Bonchev–Trinajstić information content (AvgIpc) is 2.76. The first-order valence-electron chi connectivity index (χ1n) is 5.07. The molecule has 0 aliphatic carbocycles. The molecule has 0 bridgehead atoms. The number of anilines is 2. The van der Waals surface area contributed by atoms with Gasteiger partial charge in [0.2, 0.25) is 0 Å². The van der Waals surface area contributed by atoms with Crippen molar-refractivity contribution < 1.29 is 4.79 Å². The Morgan fingerprint density at radius 3 is 2.89 bits per heavy atom. The van der Waals surface area contributed by atoms with E-state index in [1.165, 1.54) is 6.20 Å². The molecule has 18 heavy (non-hydrogen) atoms. The number of benzene rings is 1. The maximum atomic E-state index is 11.9. The second kappa shape index (κ2) is 4.92. The highest BCUT2D eigenvalue weighted by molar-refractivity contribution is 7.19. The van der Waals surface area contributed by atoms with Crippen molar-refractivity contribution in [3.05, 3.63) is 40.4 Å². The maximum absolute atomic E-state index is 11.9. The van der Waals surface area contributed by atoms with E-state index in [0.29, 0.717) is 16.4 Å². The van der Waals surface area contributed by atoms with E-state index in [0.717, 1.165) is 16.9 Å². The third-order valence-electron chi connectivity index (χ3n) is 2.30. The van der Waals surface area contributed by atoms with E-state index in [1.54, 1.807) is 25.1 Å². The van der Waals surface area contributed by atoms with Crippen molar-refractivity contribution >= 4 is 33.1 Å². The number of carbonyl (C=O) groups excluding carboxylic acids is 1. The number of amides is 1. The first-order chi connectivity index (χ1) is 8.60. The molecule has 0 unspecified atom stereocenters. The number of nitrogen functional groups attached to an aromatic ring is 1. The Labute approximate surface area is 107 Å². The van der Waals surface area contributed by atoms with E-state index in [-0.39, 0.29) is 10.9 Å². The van der Waals surface area contributed by atoms with Crippen molar-refractivity contribution in [2.24, 2.45) is 5.18 Å². The van der Waals surface area contributed by atoms with Gasteiger partial charge in [0, 0.05) is 11.3 Å². The molecule has 2 rings (SSSR count). The van der Waals surface area contributed by atoms with Crippen molar-refractivity contribution in [1.29, 1.82) is 0 Å². The molecule has 2 aromatic rings. The summed E-state index contributed by atoms with van der Waals surface area (Å²) in [4.78, 5) is 26.1. The van der Waals surface area contributed by atoms with Crippen molar-refractivity contribution in [3.63, 3.8) is 0 Å². The van der Waals surface area contributed by atoms with Gasteiger partial charge in [0.05, 0.1) is 6.20 Å². The summed E-state index contributed by atoms with van der Waals surface area (Å²) in [6.45, 7) is 1.80. The number of carbonyl (C=O) groups is 1. The van der Waals surface area contributed by atoms with Gasteiger partial charge in [-0.05, 0) is 35.9 Å². The molecule has 0 fully saturated rings. The molecule has 0 radical (unpaired) electrons. The SMILES string of the molecule is Cc1cc(N)ccc1C(=O)Nc1ncc(N=O)s1. The molecule has 0 aliphatic rings. The smallest absolute Gasteiger partial charge is 0.257 e. The summed E-state index contributed by atoms with van der Waals surface area (Å²) < 4.78 is 0. The van der Waals surface area contributed by atoms with Gasteiger partial charge in [0.15, 0.2) is 10.1 Å². The van der Waals surface area contributed by atoms with Gasteiger partial charge in [-0.25, -0.2) is 4.98 Å². The molecule has 92 valence electrons. The van der Waals surface area contributed by atoms with E-state index in [2.05, 4.69) is 15.5 Å². The van der Waals surface area contributed by atoms with Crippen molar-refractivity contribution in [2.45, 2.75) is 6.92 Å². The molecule has 0 saturated carbocycles. The molecule has 1 heterocycles. The number of nitroso groups, excluding NO2 is 1. The molecule has 1 amide bonds. The van der Waals surface area contributed by atoms with Gasteiger partial charge in [-0.2, -0.15) is 0 Å². The topological polar surface area (TPSA) is 97.4 Å². The van der Waals surface area contributed by atoms with Crippen LogP contribution in [-0.4, -0.2) is 10.9 Å². The van der Waals surface area contributed by atoms with E-state index < -0.39 is 0 Å². The zero-order chi connectivity index (χ0) is 13.1. The highest BCUT2D eigenvalue weighted by Gasteiger charge is 2.11. The molecule has 1 aromatic heterocycles. The van der Waals surface area contributed by atoms with Crippen LogP contribution in [-0.2, 0) is 0 Å². The van der Waals surface area contributed by atoms with Crippen molar-refractivity contribution in [2.75, 3.05) is 11.1 Å². The molecular weight excluding hydrogens is 252 g/mol. The number of thiazole rings is 1. The first kappa shape index (κ1) is 12.2. The summed E-state index contributed by atoms with van der Waals surface area (Å²) in [6, 6.07) is 5.02. The first-order valence-corrected chi connectivity index (χ1v) is 5.88. The molecule has 1 aromatic carbocycles. The lowest BCUT2D eigenvalue weighted by Crippen LogP contribution is -2.13. The Hall–Kier alpha value is -2.28. The van der Waals surface area contributed by atoms with E-state index in [4.69, 9.17) is 5.73 Å². The lowest BCUT2D eigenvalue weighted by atomic mass is 10.1. The predicted molar refractivity (Wildman–Crippen MR) is 71.1 cm³/mol. The van der Waals surface area contributed by atoms with Crippen LogP contribution < -0.4 is 11.1 Å². The zero-order valence-corrected chi connectivity index (χ0v) is 10.3. The van der Waals surface area contributed by atoms with Crippen LogP contribution in [0.4, 0.5) is 15.8 Å². The summed E-state index contributed by atoms with van der Waals surface area (Å²) in [6.07, 6.45) is 1.31. The van der Waals surface area contributed by atoms with E-state index >= 15 is 0 Å². The highest BCUT2D eigenvalue weighted by atomic mass is 32.1. The third kappa shape index (κ3) is 2.51. The zero-order valence-electron chi connectivity index (χ0n) is 9.51. The molecule has 0 aliphatic heterocycles. The second-order valence-corrected chi connectivity index (χ2v) is 4.63. The molecule has 0 saturated heterocycles. The quantitative estimate of drug-likeness (QED) is 0.656. The minimum absolute atomic E-state index is 0.222. The number of rotatable bonds is 3. The van der Waals surface area contributed by atoms with Crippen molar-refractivity contribution in [3.8, 4) is 0 Å². The minimum Gasteiger partial charge on any atom is -0.399 e. The molecular formula is C11H10N4O2S. The summed E-state index contributed by atoms with van der Waals surface area (Å²) in [5.41, 5.74) is 7.50. The summed E-state index contributed by atoms with van der Waals surface area (Å²) in [5, 5.41) is 5.90. The number of nitrogens with one attached hydrogen (secondary N) is 1. The Morgan fingerprint density at radius 1 is 1.50 bits per heavy atom. The molecule has 0 spiro atoms. The van der Waals surface area contributed by atoms with Gasteiger partial charge in [-0.1, -0.05) is 11.3 Å².